The van der Waals surface area contributed by atoms with Crippen molar-refractivity contribution in [3.05, 3.63) is 41.4 Å². The van der Waals surface area contributed by atoms with E-state index in [4.69, 9.17) is 11.6 Å². The highest BCUT2D eigenvalue weighted by Gasteiger charge is 2.33. The molecule has 9 heteroatoms. The summed E-state index contributed by atoms with van der Waals surface area (Å²) in [6.07, 6.45) is 3.47. The highest BCUT2D eigenvalue weighted by molar-refractivity contribution is 6.30. The minimum atomic E-state index is -0.634. The van der Waals surface area contributed by atoms with Gasteiger partial charge in [-0.2, -0.15) is 0 Å². The molecule has 0 spiro atoms. The van der Waals surface area contributed by atoms with Crippen molar-refractivity contribution >= 4 is 29.1 Å². The molecule has 1 aliphatic heterocycles. The van der Waals surface area contributed by atoms with Gasteiger partial charge in [-0.15, -0.1) is 5.10 Å². The average molecular weight is 338 g/mol. The summed E-state index contributed by atoms with van der Waals surface area (Å²) in [6.45, 7) is 0.382. The van der Waals surface area contributed by atoms with Gasteiger partial charge < -0.3 is 10.2 Å². The van der Waals surface area contributed by atoms with E-state index in [-0.39, 0.29) is 23.4 Å². The van der Waals surface area contributed by atoms with Gasteiger partial charge in [0.15, 0.2) is 0 Å². The molecule has 1 aliphatic rings. The van der Waals surface area contributed by atoms with E-state index in [1.807, 2.05) is 0 Å². The third kappa shape index (κ3) is 3.31. The number of nitrogens with zero attached hydrogens (tertiary/aromatic N) is 4. The zero-order valence-corrected chi connectivity index (χ0v) is 12.7. The lowest BCUT2D eigenvalue weighted by Gasteiger charge is -2.17. The van der Waals surface area contributed by atoms with Gasteiger partial charge in [0.2, 0.25) is 11.8 Å². The van der Waals surface area contributed by atoms with E-state index in [1.54, 1.807) is 12.3 Å². The van der Waals surface area contributed by atoms with Crippen molar-refractivity contribution in [2.45, 2.75) is 19.0 Å². The smallest absolute Gasteiger partial charge is 0.249 e. The lowest BCUT2D eigenvalue weighted by molar-refractivity contribution is -0.127. The molecular weight excluding hydrogens is 325 g/mol. The number of aromatic nitrogens is 3. The van der Waals surface area contributed by atoms with Crippen molar-refractivity contribution in [3.8, 4) is 0 Å². The van der Waals surface area contributed by atoms with Crippen LogP contribution in [0.2, 0.25) is 5.02 Å². The maximum atomic E-state index is 13.5. The molecule has 3 rings (SSSR count). The quantitative estimate of drug-likeness (QED) is 0.902. The van der Waals surface area contributed by atoms with Crippen molar-refractivity contribution in [2.75, 3.05) is 11.4 Å². The van der Waals surface area contributed by atoms with E-state index in [1.165, 1.54) is 27.9 Å². The molecule has 0 radical (unpaired) electrons. The van der Waals surface area contributed by atoms with Crippen molar-refractivity contribution in [1.82, 2.24) is 20.3 Å². The predicted molar refractivity (Wildman–Crippen MR) is 80.3 cm³/mol. The normalized spacial score (nSPS) is 17.6. The van der Waals surface area contributed by atoms with E-state index in [0.29, 0.717) is 18.7 Å². The molecule has 1 fully saturated rings. The topological polar surface area (TPSA) is 80.1 Å². The third-order valence-corrected chi connectivity index (χ3v) is 3.84. The van der Waals surface area contributed by atoms with Crippen LogP contribution in [0.1, 0.15) is 6.42 Å². The van der Waals surface area contributed by atoms with E-state index in [9.17, 15) is 14.0 Å². The summed E-state index contributed by atoms with van der Waals surface area (Å²) in [7, 11) is 0. The summed E-state index contributed by atoms with van der Waals surface area (Å²) in [6, 6.07) is 3.54. The van der Waals surface area contributed by atoms with Gasteiger partial charge >= 0.3 is 0 Å². The molecule has 0 aliphatic carbocycles. The maximum Gasteiger partial charge on any atom is 0.249 e. The van der Waals surface area contributed by atoms with Gasteiger partial charge in [0.25, 0.3) is 0 Å². The number of carbonyl (C=O) groups excluding carboxylic acids is 2. The number of anilines is 1. The van der Waals surface area contributed by atoms with Crippen molar-refractivity contribution in [3.63, 3.8) is 0 Å². The fourth-order valence-electron chi connectivity index (χ4n) is 2.43. The fourth-order valence-corrected chi connectivity index (χ4v) is 2.54. The van der Waals surface area contributed by atoms with Crippen LogP contribution < -0.4 is 10.2 Å². The Morgan fingerprint density at radius 3 is 3.00 bits per heavy atom. The molecule has 23 heavy (non-hydrogen) atoms. The number of nitrogens with one attached hydrogen (secondary N) is 1. The standard InChI is InChI=1S/C14H13ClFN5O2/c15-10-2-1-9(7-11(10)16)21-5-3-12(14(21)23)18-13(22)8-20-6-4-17-19-20/h1-2,4,6-7,12H,3,5,8H2,(H,18,22)/t12-/m0/s1. The minimum Gasteiger partial charge on any atom is -0.343 e. The Labute approximate surface area is 136 Å². The molecule has 7 nitrogen and oxygen atoms in total. The summed E-state index contributed by atoms with van der Waals surface area (Å²) in [5, 5.41) is 9.94. The number of rotatable bonds is 4. The summed E-state index contributed by atoms with van der Waals surface area (Å²) >= 11 is 5.64. The summed E-state index contributed by atoms with van der Waals surface area (Å²) < 4.78 is 14.9. The molecule has 1 N–H and O–H groups in total. The zero-order valence-electron chi connectivity index (χ0n) is 11.9. The lowest BCUT2D eigenvalue weighted by Crippen LogP contribution is -2.42. The minimum absolute atomic E-state index is 0.00178. The Morgan fingerprint density at radius 1 is 1.48 bits per heavy atom. The first-order chi connectivity index (χ1) is 11.0. The Morgan fingerprint density at radius 2 is 2.30 bits per heavy atom. The van der Waals surface area contributed by atoms with Crippen LogP contribution in [0, 0.1) is 5.82 Å². The van der Waals surface area contributed by atoms with Gasteiger partial charge in [0.05, 0.1) is 11.2 Å². The number of benzene rings is 1. The summed E-state index contributed by atoms with van der Waals surface area (Å²) in [5.41, 5.74) is 0.421. The van der Waals surface area contributed by atoms with Crippen LogP contribution in [0.5, 0.6) is 0 Å². The van der Waals surface area contributed by atoms with Crippen LogP contribution in [0.25, 0.3) is 0 Å². The molecule has 1 atom stereocenters. The molecular formula is C14H13ClFN5O2. The van der Waals surface area contributed by atoms with E-state index < -0.39 is 11.9 Å². The first-order valence-electron chi connectivity index (χ1n) is 6.94. The number of halogens is 2. The number of hydrogen-bond donors (Lipinski definition) is 1. The average Bonchev–Trinajstić information content (AvgIpc) is 3.13. The van der Waals surface area contributed by atoms with Crippen molar-refractivity contribution < 1.29 is 14.0 Å². The molecule has 0 unspecified atom stereocenters. The lowest BCUT2D eigenvalue weighted by atomic mass is 10.2. The Bertz CT molecular complexity index is 737. The Kier molecular flexibility index (Phi) is 4.24. The molecule has 1 aromatic carbocycles. The van der Waals surface area contributed by atoms with Crippen molar-refractivity contribution in [1.29, 1.82) is 0 Å². The van der Waals surface area contributed by atoms with Gasteiger partial charge in [0.1, 0.15) is 18.4 Å². The third-order valence-electron chi connectivity index (χ3n) is 3.53. The molecule has 1 aromatic heterocycles. The molecule has 2 heterocycles. The van der Waals surface area contributed by atoms with Crippen molar-refractivity contribution in [2.24, 2.45) is 0 Å². The zero-order chi connectivity index (χ0) is 16.4. The van der Waals surface area contributed by atoms with Gasteiger partial charge in [0, 0.05) is 18.4 Å². The SMILES string of the molecule is O=C(Cn1ccnn1)N[C@H]1CCN(c2ccc(Cl)c(F)c2)C1=O. The fraction of sp³-hybridized carbons (Fsp3) is 0.286. The summed E-state index contributed by atoms with van der Waals surface area (Å²) in [4.78, 5) is 25.7. The van der Waals surface area contributed by atoms with Gasteiger partial charge in [-0.1, -0.05) is 16.8 Å². The summed E-state index contributed by atoms with van der Waals surface area (Å²) in [5.74, 6) is -1.20. The predicted octanol–water partition coefficient (Wildman–Crippen LogP) is 0.992. The molecule has 1 saturated heterocycles. The Hall–Kier alpha value is -2.48. The van der Waals surface area contributed by atoms with Gasteiger partial charge in [-0.05, 0) is 24.6 Å². The van der Waals surface area contributed by atoms with Crippen LogP contribution in [0.3, 0.4) is 0 Å². The molecule has 120 valence electrons. The highest BCUT2D eigenvalue weighted by Crippen LogP contribution is 2.25. The highest BCUT2D eigenvalue weighted by atomic mass is 35.5. The van der Waals surface area contributed by atoms with E-state index in [0.717, 1.165) is 0 Å². The second kappa shape index (κ2) is 6.33. The molecule has 0 saturated carbocycles. The van der Waals surface area contributed by atoms with Gasteiger partial charge in [-0.3, -0.25) is 9.59 Å². The van der Waals surface area contributed by atoms with Crippen LogP contribution in [0.15, 0.2) is 30.6 Å². The monoisotopic (exact) mass is 337 g/mol. The van der Waals surface area contributed by atoms with Crippen LogP contribution in [-0.4, -0.2) is 39.4 Å². The maximum absolute atomic E-state index is 13.5. The Balaban J connectivity index is 1.64. The molecule has 0 bridgehead atoms. The first kappa shape index (κ1) is 15.4. The van der Waals surface area contributed by atoms with Crippen LogP contribution in [-0.2, 0) is 16.1 Å². The van der Waals surface area contributed by atoms with Gasteiger partial charge in [-0.25, -0.2) is 9.07 Å². The number of carbonyl (C=O) groups is 2. The second-order valence-corrected chi connectivity index (χ2v) is 5.50. The van der Waals surface area contributed by atoms with Crippen LogP contribution in [0.4, 0.5) is 10.1 Å². The number of hydrogen-bond acceptors (Lipinski definition) is 4. The first-order valence-corrected chi connectivity index (χ1v) is 7.32. The van der Waals surface area contributed by atoms with E-state index >= 15 is 0 Å². The van der Waals surface area contributed by atoms with Crippen LogP contribution >= 0.6 is 11.6 Å². The molecule has 2 amide bonds. The largest absolute Gasteiger partial charge is 0.343 e. The molecule has 2 aromatic rings. The second-order valence-electron chi connectivity index (χ2n) is 5.10. The van der Waals surface area contributed by atoms with E-state index in [2.05, 4.69) is 15.6 Å². The number of amides is 2.